The number of rotatable bonds is 5. The molecule has 1 N–H and O–H groups in total. The van der Waals surface area contributed by atoms with Gasteiger partial charge < -0.3 is 9.72 Å². The Morgan fingerprint density at radius 2 is 1.93 bits per heavy atom. The number of pyridine rings is 1. The predicted octanol–water partition coefficient (Wildman–Crippen LogP) is 4.23. The summed E-state index contributed by atoms with van der Waals surface area (Å²) >= 11 is 3.44. The molecular weight excluding hydrogens is 430 g/mol. The van der Waals surface area contributed by atoms with E-state index < -0.39 is 0 Å². The van der Waals surface area contributed by atoms with Crippen molar-refractivity contribution in [1.82, 2.24) is 24.5 Å². The molecular formula is C22H20BrN5O. The Balaban J connectivity index is 1.45. The van der Waals surface area contributed by atoms with Crippen LogP contribution in [0.4, 0.5) is 0 Å². The van der Waals surface area contributed by atoms with Crippen molar-refractivity contribution in [2.24, 2.45) is 0 Å². The minimum Gasteiger partial charge on any atom is -0.347 e. The zero-order valence-corrected chi connectivity index (χ0v) is 17.7. The van der Waals surface area contributed by atoms with Gasteiger partial charge in [0.2, 0.25) is 5.91 Å². The molecule has 1 amide bonds. The van der Waals surface area contributed by atoms with Crippen LogP contribution >= 0.6 is 15.9 Å². The van der Waals surface area contributed by atoms with Gasteiger partial charge in [0.25, 0.3) is 0 Å². The first-order valence-electron chi connectivity index (χ1n) is 9.22. The molecule has 7 heteroatoms. The second-order valence-corrected chi connectivity index (χ2v) is 7.64. The zero-order valence-electron chi connectivity index (χ0n) is 16.1. The van der Waals surface area contributed by atoms with Gasteiger partial charge in [-0.25, -0.2) is 9.67 Å². The number of fused-ring (bicyclic) bond motifs is 1. The first-order valence-corrected chi connectivity index (χ1v) is 10.0. The van der Waals surface area contributed by atoms with E-state index in [9.17, 15) is 4.79 Å². The van der Waals surface area contributed by atoms with Crippen molar-refractivity contribution in [2.75, 3.05) is 0 Å². The van der Waals surface area contributed by atoms with Crippen LogP contribution in [0.15, 0.2) is 65.4 Å². The van der Waals surface area contributed by atoms with Crippen LogP contribution in [-0.2, 0) is 11.3 Å². The van der Waals surface area contributed by atoms with E-state index in [-0.39, 0.29) is 5.91 Å². The first-order chi connectivity index (χ1) is 14.0. The molecule has 1 aromatic carbocycles. The molecule has 0 radical (unpaired) electrons. The van der Waals surface area contributed by atoms with Gasteiger partial charge in [0.15, 0.2) is 0 Å². The number of hydrogen-bond donors (Lipinski definition) is 1. The number of nitrogens with one attached hydrogen (secondary N) is 1. The van der Waals surface area contributed by atoms with Crippen LogP contribution in [0.5, 0.6) is 0 Å². The zero-order chi connectivity index (χ0) is 20.4. The molecule has 0 fully saturated rings. The van der Waals surface area contributed by atoms with Crippen LogP contribution in [0, 0.1) is 13.8 Å². The quantitative estimate of drug-likeness (QED) is 0.463. The van der Waals surface area contributed by atoms with Gasteiger partial charge in [0, 0.05) is 34.2 Å². The maximum Gasteiger partial charge on any atom is 0.244 e. The molecule has 0 atom stereocenters. The predicted molar refractivity (Wildman–Crippen MR) is 117 cm³/mol. The van der Waals surface area contributed by atoms with Gasteiger partial charge in [-0.2, -0.15) is 5.10 Å². The highest BCUT2D eigenvalue weighted by atomic mass is 79.9. The van der Waals surface area contributed by atoms with Gasteiger partial charge in [-0.1, -0.05) is 18.2 Å². The third-order valence-electron chi connectivity index (χ3n) is 4.66. The molecule has 3 aromatic heterocycles. The van der Waals surface area contributed by atoms with Gasteiger partial charge in [-0.05, 0) is 60.1 Å². The lowest BCUT2D eigenvalue weighted by Gasteiger charge is -2.03. The summed E-state index contributed by atoms with van der Waals surface area (Å²) in [6, 6.07) is 13.8. The van der Waals surface area contributed by atoms with E-state index in [1.165, 1.54) is 0 Å². The van der Waals surface area contributed by atoms with Gasteiger partial charge in [0.1, 0.15) is 5.65 Å². The third-order valence-corrected chi connectivity index (χ3v) is 5.13. The van der Waals surface area contributed by atoms with Gasteiger partial charge in [-0.15, -0.1) is 0 Å². The van der Waals surface area contributed by atoms with Crippen LogP contribution in [0.1, 0.15) is 22.6 Å². The van der Waals surface area contributed by atoms with Crippen molar-refractivity contribution in [3.8, 4) is 5.69 Å². The number of para-hydroxylation sites is 1. The molecule has 0 saturated heterocycles. The molecule has 6 nitrogen and oxygen atoms in total. The van der Waals surface area contributed by atoms with E-state index in [2.05, 4.69) is 31.3 Å². The molecule has 0 aliphatic rings. The number of carbonyl (C=O) groups excluding carboxylic acids is 1. The summed E-state index contributed by atoms with van der Waals surface area (Å²) in [6.07, 6.45) is 7.19. The van der Waals surface area contributed by atoms with Crippen LogP contribution < -0.4 is 5.32 Å². The highest BCUT2D eigenvalue weighted by Gasteiger charge is 2.11. The lowest BCUT2D eigenvalue weighted by atomic mass is 10.2. The lowest BCUT2D eigenvalue weighted by molar-refractivity contribution is -0.116. The maximum atomic E-state index is 12.3. The van der Waals surface area contributed by atoms with Crippen molar-refractivity contribution in [3.63, 3.8) is 0 Å². The van der Waals surface area contributed by atoms with Crippen LogP contribution in [0.25, 0.3) is 17.4 Å². The fraction of sp³-hybridized carbons (Fsp3) is 0.136. The standard InChI is InChI=1S/C22H20BrN5O/c1-15-20(16(2)28(26-15)19-6-4-3-5-7-19)9-11-22(29)24-12-18-14-27-13-17(23)8-10-21(27)25-18/h3-11,13-14H,12H2,1-2H3,(H,24,29)/b11-9+. The summed E-state index contributed by atoms with van der Waals surface area (Å²) in [5, 5.41) is 7.48. The number of imidazole rings is 1. The molecule has 3 heterocycles. The average molecular weight is 450 g/mol. The Bertz CT molecular complexity index is 1210. The van der Waals surface area contributed by atoms with E-state index in [0.29, 0.717) is 6.54 Å². The summed E-state index contributed by atoms with van der Waals surface area (Å²) in [4.78, 5) is 16.8. The molecule has 0 bridgehead atoms. The normalized spacial score (nSPS) is 11.4. The molecule has 0 aliphatic carbocycles. The van der Waals surface area contributed by atoms with E-state index in [1.807, 2.05) is 83.9 Å². The molecule has 4 aromatic rings. The van der Waals surface area contributed by atoms with Crippen molar-refractivity contribution in [3.05, 3.63) is 88.1 Å². The number of nitrogens with zero attached hydrogens (tertiary/aromatic N) is 4. The van der Waals surface area contributed by atoms with Crippen molar-refractivity contribution < 1.29 is 4.79 Å². The Morgan fingerprint density at radius 1 is 1.14 bits per heavy atom. The second kappa shape index (κ2) is 8.05. The topological polar surface area (TPSA) is 64.2 Å². The minimum absolute atomic E-state index is 0.172. The summed E-state index contributed by atoms with van der Waals surface area (Å²) in [5.74, 6) is -0.172. The molecule has 0 unspecified atom stereocenters. The summed E-state index contributed by atoms with van der Waals surface area (Å²) in [5.41, 5.74) is 5.45. The summed E-state index contributed by atoms with van der Waals surface area (Å²) < 4.78 is 4.79. The fourth-order valence-electron chi connectivity index (χ4n) is 3.21. The number of halogens is 1. The monoisotopic (exact) mass is 449 g/mol. The van der Waals surface area contributed by atoms with E-state index >= 15 is 0 Å². The Labute approximate surface area is 177 Å². The van der Waals surface area contributed by atoms with Crippen LogP contribution in [-0.4, -0.2) is 25.1 Å². The molecule has 0 spiro atoms. The molecule has 0 saturated carbocycles. The van der Waals surface area contributed by atoms with E-state index in [1.54, 1.807) is 6.08 Å². The maximum absolute atomic E-state index is 12.3. The molecule has 4 rings (SSSR count). The third kappa shape index (κ3) is 4.14. The number of benzene rings is 1. The smallest absolute Gasteiger partial charge is 0.244 e. The van der Waals surface area contributed by atoms with E-state index in [4.69, 9.17) is 0 Å². The van der Waals surface area contributed by atoms with Crippen LogP contribution in [0.2, 0.25) is 0 Å². The Kier molecular flexibility index (Phi) is 5.31. The highest BCUT2D eigenvalue weighted by molar-refractivity contribution is 9.10. The number of hydrogen-bond acceptors (Lipinski definition) is 3. The molecule has 29 heavy (non-hydrogen) atoms. The molecule has 0 aliphatic heterocycles. The van der Waals surface area contributed by atoms with Gasteiger partial charge in [0.05, 0.1) is 23.6 Å². The van der Waals surface area contributed by atoms with Crippen molar-refractivity contribution in [2.45, 2.75) is 20.4 Å². The van der Waals surface area contributed by atoms with E-state index in [0.717, 1.165) is 38.5 Å². The highest BCUT2D eigenvalue weighted by Crippen LogP contribution is 2.19. The first kappa shape index (κ1) is 19.1. The largest absolute Gasteiger partial charge is 0.347 e. The van der Waals surface area contributed by atoms with Crippen molar-refractivity contribution >= 4 is 33.6 Å². The number of aryl methyl sites for hydroxylation is 1. The SMILES string of the molecule is Cc1nn(-c2ccccc2)c(C)c1/C=C/C(=O)NCc1cn2cc(Br)ccc2n1. The number of amides is 1. The second-order valence-electron chi connectivity index (χ2n) is 6.73. The van der Waals surface area contributed by atoms with Gasteiger partial charge in [-0.3, -0.25) is 4.79 Å². The fourth-order valence-corrected chi connectivity index (χ4v) is 3.57. The Hall–Kier alpha value is -3.19. The van der Waals surface area contributed by atoms with Crippen LogP contribution in [0.3, 0.4) is 0 Å². The lowest BCUT2D eigenvalue weighted by Crippen LogP contribution is -2.20. The molecule has 146 valence electrons. The number of carbonyl (C=O) groups is 1. The minimum atomic E-state index is -0.172. The van der Waals surface area contributed by atoms with Crippen molar-refractivity contribution in [1.29, 1.82) is 0 Å². The number of aromatic nitrogens is 4. The summed E-state index contributed by atoms with van der Waals surface area (Å²) in [6.45, 7) is 4.31. The van der Waals surface area contributed by atoms with Gasteiger partial charge >= 0.3 is 0 Å². The average Bonchev–Trinajstić information content (AvgIpc) is 3.25. The summed E-state index contributed by atoms with van der Waals surface area (Å²) in [7, 11) is 0. The Morgan fingerprint density at radius 3 is 2.72 bits per heavy atom.